The smallest absolute Gasteiger partial charge is 0.263 e. The summed E-state index contributed by atoms with van der Waals surface area (Å²) >= 11 is 1.49. The van der Waals surface area contributed by atoms with Gasteiger partial charge in [-0.05, 0) is 38.1 Å². The van der Waals surface area contributed by atoms with E-state index in [4.69, 9.17) is 0 Å². The lowest BCUT2D eigenvalue weighted by molar-refractivity contribution is 0.601. The fourth-order valence-corrected chi connectivity index (χ4v) is 4.76. The van der Waals surface area contributed by atoms with Crippen LogP contribution in [0.15, 0.2) is 35.2 Å². The second kappa shape index (κ2) is 6.60. The van der Waals surface area contributed by atoms with Crippen molar-refractivity contribution in [1.29, 1.82) is 0 Å². The van der Waals surface area contributed by atoms with E-state index in [1.165, 1.54) is 11.3 Å². The van der Waals surface area contributed by atoms with Crippen LogP contribution in [0.5, 0.6) is 0 Å². The van der Waals surface area contributed by atoms with Gasteiger partial charge in [-0.25, -0.2) is 8.42 Å². The Labute approximate surface area is 130 Å². The molecular formula is C15H20N2O2S2. The summed E-state index contributed by atoms with van der Waals surface area (Å²) in [6.45, 7) is 7.23. The van der Waals surface area contributed by atoms with Crippen LogP contribution in [0.2, 0.25) is 0 Å². The number of aryl methyl sites for hydroxylation is 2. The van der Waals surface area contributed by atoms with Crippen LogP contribution >= 0.6 is 11.3 Å². The SMILES string of the molecule is CCNCc1ccccc1NS(=O)(=O)c1cc(C)sc1C. The molecule has 0 spiro atoms. The number of benzene rings is 1. The summed E-state index contributed by atoms with van der Waals surface area (Å²) in [7, 11) is -3.54. The second-order valence-corrected chi connectivity index (χ2v) is 7.93. The quantitative estimate of drug-likeness (QED) is 0.857. The van der Waals surface area contributed by atoms with Crippen molar-refractivity contribution in [2.24, 2.45) is 0 Å². The standard InChI is InChI=1S/C15H20N2O2S2/c1-4-16-10-13-7-5-6-8-14(13)17-21(18,19)15-9-11(2)20-12(15)3/h5-9,16-17H,4,10H2,1-3H3. The third-order valence-electron chi connectivity index (χ3n) is 3.11. The molecule has 21 heavy (non-hydrogen) atoms. The van der Waals surface area contributed by atoms with Gasteiger partial charge in [-0.2, -0.15) is 0 Å². The van der Waals surface area contributed by atoms with Gasteiger partial charge in [0, 0.05) is 16.3 Å². The Hall–Kier alpha value is -1.37. The molecule has 1 aromatic carbocycles. The fourth-order valence-electron chi connectivity index (χ4n) is 2.11. The Balaban J connectivity index is 2.31. The molecular weight excluding hydrogens is 304 g/mol. The maximum atomic E-state index is 12.5. The van der Waals surface area contributed by atoms with Gasteiger partial charge >= 0.3 is 0 Å². The molecule has 0 bridgehead atoms. The first kappa shape index (κ1) is 16.0. The number of para-hydroxylation sites is 1. The van der Waals surface area contributed by atoms with Crippen LogP contribution in [-0.4, -0.2) is 15.0 Å². The molecule has 0 saturated carbocycles. The zero-order valence-electron chi connectivity index (χ0n) is 12.4. The summed E-state index contributed by atoms with van der Waals surface area (Å²) in [5.41, 5.74) is 1.56. The van der Waals surface area contributed by atoms with E-state index in [1.807, 2.05) is 39.0 Å². The molecule has 2 rings (SSSR count). The highest BCUT2D eigenvalue weighted by atomic mass is 32.2. The number of thiophene rings is 1. The molecule has 1 heterocycles. The summed E-state index contributed by atoms with van der Waals surface area (Å²) in [4.78, 5) is 2.17. The monoisotopic (exact) mass is 324 g/mol. The molecule has 2 N–H and O–H groups in total. The molecule has 0 saturated heterocycles. The van der Waals surface area contributed by atoms with Gasteiger partial charge in [-0.3, -0.25) is 4.72 Å². The van der Waals surface area contributed by atoms with Gasteiger partial charge < -0.3 is 5.32 Å². The first-order chi connectivity index (χ1) is 9.94. The molecule has 1 aromatic heterocycles. The summed E-state index contributed by atoms with van der Waals surface area (Å²) in [5, 5.41) is 3.21. The van der Waals surface area contributed by atoms with Crippen LogP contribution in [0.3, 0.4) is 0 Å². The van der Waals surface area contributed by atoms with E-state index < -0.39 is 10.0 Å². The third-order valence-corrected chi connectivity index (χ3v) is 5.70. The van der Waals surface area contributed by atoms with E-state index in [0.29, 0.717) is 17.1 Å². The molecule has 6 heteroatoms. The van der Waals surface area contributed by atoms with Crippen molar-refractivity contribution in [2.45, 2.75) is 32.2 Å². The largest absolute Gasteiger partial charge is 0.313 e. The maximum absolute atomic E-state index is 12.5. The molecule has 0 radical (unpaired) electrons. The highest BCUT2D eigenvalue weighted by molar-refractivity contribution is 7.93. The number of anilines is 1. The van der Waals surface area contributed by atoms with Crippen LogP contribution in [0.25, 0.3) is 0 Å². The van der Waals surface area contributed by atoms with Crippen LogP contribution in [0.4, 0.5) is 5.69 Å². The minimum Gasteiger partial charge on any atom is -0.313 e. The molecule has 0 fully saturated rings. The fraction of sp³-hybridized carbons (Fsp3) is 0.333. The Bertz CT molecular complexity index is 721. The highest BCUT2D eigenvalue weighted by Crippen LogP contribution is 2.27. The predicted molar refractivity (Wildman–Crippen MR) is 88.4 cm³/mol. The first-order valence-corrected chi connectivity index (χ1v) is 9.12. The lowest BCUT2D eigenvalue weighted by atomic mass is 10.2. The van der Waals surface area contributed by atoms with Gasteiger partial charge in [0.15, 0.2) is 0 Å². The van der Waals surface area contributed by atoms with E-state index in [1.54, 1.807) is 12.1 Å². The third kappa shape index (κ3) is 3.84. The normalized spacial score (nSPS) is 11.6. The van der Waals surface area contributed by atoms with Crippen LogP contribution in [0, 0.1) is 13.8 Å². The average Bonchev–Trinajstić information content (AvgIpc) is 2.77. The van der Waals surface area contributed by atoms with Gasteiger partial charge in [-0.1, -0.05) is 25.1 Å². The number of hydrogen-bond acceptors (Lipinski definition) is 4. The van der Waals surface area contributed by atoms with Gasteiger partial charge in [0.05, 0.1) is 5.69 Å². The van der Waals surface area contributed by atoms with Crippen molar-refractivity contribution in [3.05, 3.63) is 45.6 Å². The molecule has 0 aliphatic heterocycles. The molecule has 2 aromatic rings. The van der Waals surface area contributed by atoms with Gasteiger partial charge in [0.25, 0.3) is 10.0 Å². The number of nitrogens with one attached hydrogen (secondary N) is 2. The first-order valence-electron chi connectivity index (χ1n) is 6.82. The van der Waals surface area contributed by atoms with Crippen LogP contribution < -0.4 is 10.0 Å². The zero-order chi connectivity index (χ0) is 15.5. The van der Waals surface area contributed by atoms with E-state index in [0.717, 1.165) is 21.9 Å². The summed E-state index contributed by atoms with van der Waals surface area (Å²) in [6, 6.07) is 9.17. The predicted octanol–water partition coefficient (Wildman–Crippen LogP) is 3.28. The van der Waals surface area contributed by atoms with Crippen molar-refractivity contribution in [1.82, 2.24) is 5.32 Å². The summed E-state index contributed by atoms with van der Waals surface area (Å²) < 4.78 is 27.8. The van der Waals surface area contributed by atoms with Crippen LogP contribution in [0.1, 0.15) is 22.2 Å². The van der Waals surface area contributed by atoms with Crippen molar-refractivity contribution >= 4 is 27.0 Å². The van der Waals surface area contributed by atoms with E-state index in [-0.39, 0.29) is 0 Å². The van der Waals surface area contributed by atoms with E-state index in [9.17, 15) is 8.42 Å². The molecule has 0 aliphatic rings. The second-order valence-electron chi connectivity index (χ2n) is 4.82. The number of sulfonamides is 1. The Morgan fingerprint density at radius 3 is 2.52 bits per heavy atom. The Morgan fingerprint density at radius 1 is 1.19 bits per heavy atom. The van der Waals surface area contributed by atoms with Crippen molar-refractivity contribution < 1.29 is 8.42 Å². The number of hydrogen-bond donors (Lipinski definition) is 2. The summed E-state index contributed by atoms with van der Waals surface area (Å²) in [6.07, 6.45) is 0. The molecule has 0 atom stereocenters. The van der Waals surface area contributed by atoms with E-state index in [2.05, 4.69) is 10.0 Å². The van der Waals surface area contributed by atoms with E-state index >= 15 is 0 Å². The topological polar surface area (TPSA) is 58.2 Å². The lowest BCUT2D eigenvalue weighted by Crippen LogP contribution is -2.17. The molecule has 0 aliphatic carbocycles. The molecule has 114 valence electrons. The van der Waals surface area contributed by atoms with Crippen molar-refractivity contribution in [3.8, 4) is 0 Å². The van der Waals surface area contributed by atoms with Gasteiger partial charge in [0.1, 0.15) is 4.90 Å². The molecule has 4 nitrogen and oxygen atoms in total. The average molecular weight is 324 g/mol. The van der Waals surface area contributed by atoms with Crippen molar-refractivity contribution in [2.75, 3.05) is 11.3 Å². The van der Waals surface area contributed by atoms with Gasteiger partial charge in [0.2, 0.25) is 0 Å². The van der Waals surface area contributed by atoms with Crippen LogP contribution in [-0.2, 0) is 16.6 Å². The Kier molecular flexibility index (Phi) is 5.03. The Morgan fingerprint density at radius 2 is 1.90 bits per heavy atom. The summed E-state index contributed by atoms with van der Waals surface area (Å²) in [5.74, 6) is 0. The van der Waals surface area contributed by atoms with Crippen molar-refractivity contribution in [3.63, 3.8) is 0 Å². The maximum Gasteiger partial charge on any atom is 0.263 e. The highest BCUT2D eigenvalue weighted by Gasteiger charge is 2.20. The molecule has 0 amide bonds. The minimum atomic E-state index is -3.54. The molecule has 0 unspecified atom stereocenters. The van der Waals surface area contributed by atoms with Gasteiger partial charge in [-0.15, -0.1) is 11.3 Å². The number of rotatable bonds is 6. The zero-order valence-corrected chi connectivity index (χ0v) is 14.1. The minimum absolute atomic E-state index is 0.364. The lowest BCUT2D eigenvalue weighted by Gasteiger charge is -2.12.